The van der Waals surface area contributed by atoms with Crippen LogP contribution >= 0.6 is 0 Å². The highest BCUT2D eigenvalue weighted by Crippen LogP contribution is 2.26. The summed E-state index contributed by atoms with van der Waals surface area (Å²) in [4.78, 5) is 16.7. The second kappa shape index (κ2) is 6.97. The molecule has 0 unspecified atom stereocenters. The van der Waals surface area contributed by atoms with Crippen LogP contribution in [0.15, 0.2) is 71.8 Å². The molecule has 0 aliphatic carbocycles. The molecule has 1 aromatic heterocycles. The van der Waals surface area contributed by atoms with Crippen LogP contribution in [-0.2, 0) is 9.84 Å². The van der Waals surface area contributed by atoms with Gasteiger partial charge in [0, 0.05) is 23.6 Å². The SMILES string of the molecule is CS(=O)(=O)c1ccc(-c2cnc(N)c(NC(=O)c3ccccc3)c2)cc1. The van der Waals surface area contributed by atoms with Crippen LogP contribution in [-0.4, -0.2) is 25.6 Å². The lowest BCUT2D eigenvalue weighted by molar-refractivity contribution is 0.102. The quantitative estimate of drug-likeness (QED) is 0.738. The number of sulfone groups is 1. The molecule has 0 atom stereocenters. The van der Waals surface area contributed by atoms with E-state index >= 15 is 0 Å². The van der Waals surface area contributed by atoms with E-state index in [1.807, 2.05) is 6.07 Å². The van der Waals surface area contributed by atoms with E-state index in [1.165, 1.54) is 12.1 Å². The number of pyridine rings is 1. The lowest BCUT2D eigenvalue weighted by Crippen LogP contribution is -2.13. The van der Waals surface area contributed by atoms with E-state index in [1.54, 1.807) is 48.7 Å². The van der Waals surface area contributed by atoms with E-state index in [2.05, 4.69) is 10.3 Å². The van der Waals surface area contributed by atoms with Crippen LogP contribution in [0, 0.1) is 0 Å². The van der Waals surface area contributed by atoms with Gasteiger partial charge in [-0.15, -0.1) is 0 Å². The van der Waals surface area contributed by atoms with Gasteiger partial charge < -0.3 is 11.1 Å². The third-order valence-electron chi connectivity index (χ3n) is 3.82. The summed E-state index contributed by atoms with van der Waals surface area (Å²) in [5.74, 6) is -0.0885. The van der Waals surface area contributed by atoms with Crippen molar-refractivity contribution in [2.75, 3.05) is 17.3 Å². The standard InChI is InChI=1S/C19H17N3O3S/c1-26(24,25)16-9-7-13(8-10-16)15-11-17(18(20)21-12-15)22-19(23)14-5-3-2-4-6-14/h2-12H,1H3,(H2,20,21)(H,22,23). The van der Waals surface area contributed by atoms with E-state index in [-0.39, 0.29) is 16.6 Å². The van der Waals surface area contributed by atoms with Crippen molar-refractivity contribution in [2.24, 2.45) is 0 Å². The normalized spacial score (nSPS) is 11.1. The zero-order valence-electron chi connectivity index (χ0n) is 14.0. The predicted octanol–water partition coefficient (Wildman–Crippen LogP) is 2.99. The molecule has 0 saturated carbocycles. The number of nitrogen functional groups attached to an aromatic ring is 1. The Hall–Kier alpha value is -3.19. The van der Waals surface area contributed by atoms with E-state index < -0.39 is 9.84 Å². The highest BCUT2D eigenvalue weighted by molar-refractivity contribution is 7.90. The Kier molecular flexibility index (Phi) is 4.73. The third-order valence-corrected chi connectivity index (χ3v) is 4.95. The minimum atomic E-state index is -3.26. The molecule has 0 fully saturated rings. The number of nitrogens with two attached hydrogens (primary N) is 1. The van der Waals surface area contributed by atoms with Crippen LogP contribution in [0.1, 0.15) is 10.4 Å². The van der Waals surface area contributed by atoms with E-state index in [9.17, 15) is 13.2 Å². The van der Waals surface area contributed by atoms with Crippen molar-refractivity contribution in [1.29, 1.82) is 0 Å². The number of nitrogens with one attached hydrogen (secondary N) is 1. The summed E-state index contributed by atoms with van der Waals surface area (Å²) in [6.07, 6.45) is 2.73. The molecule has 0 saturated heterocycles. The fourth-order valence-electron chi connectivity index (χ4n) is 2.41. The number of rotatable bonds is 4. The molecule has 2 aromatic carbocycles. The van der Waals surface area contributed by atoms with Gasteiger partial charge in [0.05, 0.1) is 10.6 Å². The molecule has 132 valence electrons. The summed E-state index contributed by atoms with van der Waals surface area (Å²) in [5, 5.41) is 2.75. The van der Waals surface area contributed by atoms with Crippen LogP contribution in [0.4, 0.5) is 11.5 Å². The number of benzene rings is 2. The molecule has 7 heteroatoms. The lowest BCUT2D eigenvalue weighted by atomic mass is 10.1. The maximum atomic E-state index is 12.3. The van der Waals surface area contributed by atoms with Gasteiger partial charge >= 0.3 is 0 Å². The Balaban J connectivity index is 1.89. The molecule has 3 rings (SSSR count). The van der Waals surface area contributed by atoms with Crippen molar-refractivity contribution in [3.63, 3.8) is 0 Å². The second-order valence-electron chi connectivity index (χ2n) is 5.77. The number of nitrogens with zero attached hydrogens (tertiary/aromatic N) is 1. The van der Waals surface area contributed by atoms with Crippen molar-refractivity contribution in [2.45, 2.75) is 4.90 Å². The van der Waals surface area contributed by atoms with Gasteiger partial charge in [-0.05, 0) is 35.9 Å². The number of carbonyl (C=O) groups excluding carboxylic acids is 1. The van der Waals surface area contributed by atoms with Gasteiger partial charge in [-0.1, -0.05) is 30.3 Å². The molecular formula is C19H17N3O3S. The first-order chi connectivity index (χ1) is 12.3. The van der Waals surface area contributed by atoms with Gasteiger partial charge in [-0.25, -0.2) is 13.4 Å². The van der Waals surface area contributed by atoms with Crippen LogP contribution in [0.25, 0.3) is 11.1 Å². The Bertz CT molecular complexity index is 1050. The minimum Gasteiger partial charge on any atom is -0.382 e. The summed E-state index contributed by atoms with van der Waals surface area (Å²) >= 11 is 0. The second-order valence-corrected chi connectivity index (χ2v) is 7.79. The molecule has 26 heavy (non-hydrogen) atoms. The number of amides is 1. The van der Waals surface area contributed by atoms with Gasteiger partial charge in [0.15, 0.2) is 9.84 Å². The van der Waals surface area contributed by atoms with Gasteiger partial charge in [-0.3, -0.25) is 4.79 Å². The molecule has 0 aliphatic rings. The first kappa shape index (κ1) is 17.6. The van der Waals surface area contributed by atoms with Crippen LogP contribution in [0.3, 0.4) is 0 Å². The zero-order chi connectivity index (χ0) is 18.7. The molecule has 3 N–H and O–H groups in total. The van der Waals surface area contributed by atoms with Crippen LogP contribution in [0.2, 0.25) is 0 Å². The molecule has 0 bridgehead atoms. The Morgan fingerprint density at radius 3 is 2.27 bits per heavy atom. The topological polar surface area (TPSA) is 102 Å². The predicted molar refractivity (Wildman–Crippen MR) is 102 cm³/mol. The number of anilines is 2. The van der Waals surface area contributed by atoms with Crippen molar-refractivity contribution in [1.82, 2.24) is 4.98 Å². The average molecular weight is 367 g/mol. The number of hydrogen-bond acceptors (Lipinski definition) is 5. The minimum absolute atomic E-state index is 0.200. The first-order valence-electron chi connectivity index (χ1n) is 7.77. The summed E-state index contributed by atoms with van der Waals surface area (Å²) in [7, 11) is -3.26. The molecule has 6 nitrogen and oxygen atoms in total. The molecular weight excluding hydrogens is 350 g/mol. The third kappa shape index (κ3) is 3.89. The molecule has 3 aromatic rings. The highest BCUT2D eigenvalue weighted by Gasteiger charge is 2.11. The van der Waals surface area contributed by atoms with Gasteiger partial charge in [0.1, 0.15) is 5.82 Å². The highest BCUT2D eigenvalue weighted by atomic mass is 32.2. The summed E-state index contributed by atoms with van der Waals surface area (Å²) in [6.45, 7) is 0. The maximum Gasteiger partial charge on any atom is 0.255 e. The number of hydrogen-bond donors (Lipinski definition) is 2. The van der Waals surface area contributed by atoms with E-state index in [4.69, 9.17) is 5.73 Å². The lowest BCUT2D eigenvalue weighted by Gasteiger charge is -2.10. The zero-order valence-corrected chi connectivity index (χ0v) is 14.8. The fraction of sp³-hybridized carbons (Fsp3) is 0.0526. The van der Waals surface area contributed by atoms with Crippen LogP contribution in [0.5, 0.6) is 0 Å². The molecule has 1 heterocycles. The summed E-state index contributed by atoms with van der Waals surface area (Å²) in [5.41, 5.74) is 8.25. The Labute approximate surface area is 151 Å². The van der Waals surface area contributed by atoms with Crippen molar-refractivity contribution < 1.29 is 13.2 Å². The van der Waals surface area contributed by atoms with Gasteiger partial charge in [0.25, 0.3) is 5.91 Å². The Morgan fingerprint density at radius 1 is 1.00 bits per heavy atom. The molecule has 0 radical (unpaired) electrons. The monoisotopic (exact) mass is 367 g/mol. The van der Waals surface area contributed by atoms with E-state index in [0.29, 0.717) is 16.8 Å². The maximum absolute atomic E-state index is 12.3. The van der Waals surface area contributed by atoms with Crippen molar-refractivity contribution in [3.8, 4) is 11.1 Å². The van der Waals surface area contributed by atoms with Crippen molar-refractivity contribution >= 4 is 27.2 Å². The van der Waals surface area contributed by atoms with Gasteiger partial charge in [-0.2, -0.15) is 0 Å². The fourth-order valence-corrected chi connectivity index (χ4v) is 3.04. The smallest absolute Gasteiger partial charge is 0.255 e. The molecule has 0 spiro atoms. The summed E-state index contributed by atoms with van der Waals surface area (Å²) in [6, 6.07) is 16.9. The largest absolute Gasteiger partial charge is 0.382 e. The van der Waals surface area contributed by atoms with Crippen LogP contribution < -0.4 is 11.1 Å². The average Bonchev–Trinajstić information content (AvgIpc) is 2.63. The number of carbonyl (C=O) groups is 1. The van der Waals surface area contributed by atoms with Gasteiger partial charge in [0.2, 0.25) is 0 Å². The number of aromatic nitrogens is 1. The first-order valence-corrected chi connectivity index (χ1v) is 9.66. The van der Waals surface area contributed by atoms with Crippen molar-refractivity contribution in [3.05, 3.63) is 72.4 Å². The molecule has 1 amide bonds. The molecule has 0 aliphatic heterocycles. The Morgan fingerprint density at radius 2 is 1.65 bits per heavy atom. The van der Waals surface area contributed by atoms with E-state index in [0.717, 1.165) is 11.8 Å². The summed E-state index contributed by atoms with van der Waals surface area (Å²) < 4.78 is 23.1.